The summed E-state index contributed by atoms with van der Waals surface area (Å²) in [5.41, 5.74) is 2.15. The highest BCUT2D eigenvalue weighted by molar-refractivity contribution is 7.11. The van der Waals surface area contributed by atoms with E-state index in [0.29, 0.717) is 12.6 Å². The zero-order valence-electron chi connectivity index (χ0n) is 14.6. The molecule has 2 N–H and O–H groups in total. The number of nitrogens with one attached hydrogen (secondary N) is 1. The van der Waals surface area contributed by atoms with Crippen LogP contribution in [0.25, 0.3) is 0 Å². The Kier molecular flexibility index (Phi) is 5.54. The third-order valence-corrected chi connectivity index (χ3v) is 5.38. The van der Waals surface area contributed by atoms with E-state index in [2.05, 4.69) is 17.2 Å². The van der Waals surface area contributed by atoms with Crippen LogP contribution in [0.5, 0.6) is 5.75 Å². The Morgan fingerprint density at radius 1 is 1.33 bits per heavy atom. The quantitative estimate of drug-likeness (QED) is 0.832. The number of fused-ring (bicyclic) bond motifs is 1. The third-order valence-electron chi connectivity index (χ3n) is 4.25. The third kappa shape index (κ3) is 4.15. The Hall–Kier alpha value is -1.43. The molecule has 1 aliphatic rings. The first kappa shape index (κ1) is 17.4. The van der Waals surface area contributed by atoms with Crippen LogP contribution in [0.2, 0.25) is 0 Å². The number of nitrogens with zero attached hydrogens (tertiary/aromatic N) is 1. The summed E-state index contributed by atoms with van der Waals surface area (Å²) >= 11 is 1.78. The number of rotatable bonds is 6. The predicted molar refractivity (Wildman–Crippen MR) is 97.7 cm³/mol. The normalized spacial score (nSPS) is 18.5. The van der Waals surface area contributed by atoms with E-state index in [1.165, 1.54) is 10.6 Å². The number of aliphatic hydroxyl groups excluding tert-OH is 1. The van der Waals surface area contributed by atoms with E-state index in [9.17, 15) is 5.11 Å². The Balaban J connectivity index is 1.59. The summed E-state index contributed by atoms with van der Waals surface area (Å²) in [4.78, 5) is 5.98. The fourth-order valence-electron chi connectivity index (χ4n) is 3.15. The van der Waals surface area contributed by atoms with Gasteiger partial charge in [0, 0.05) is 17.5 Å². The number of thiazole rings is 1. The van der Waals surface area contributed by atoms with Gasteiger partial charge in [-0.3, -0.25) is 0 Å². The zero-order valence-corrected chi connectivity index (χ0v) is 15.4. The molecule has 0 fully saturated rings. The molecule has 1 aromatic heterocycles. The van der Waals surface area contributed by atoms with E-state index < -0.39 is 6.10 Å². The van der Waals surface area contributed by atoms with Gasteiger partial charge in [-0.15, -0.1) is 11.3 Å². The molecule has 1 aliphatic carbocycles. The summed E-state index contributed by atoms with van der Waals surface area (Å²) in [6.45, 7) is 6.62. The SMILES string of the molecule is Cc1nc2c(s1)C(NCC(O)c1ccc(OC(C)C)cc1)CCC2. The first-order valence-corrected chi connectivity index (χ1v) is 9.49. The second-order valence-electron chi connectivity index (χ2n) is 6.65. The molecule has 4 nitrogen and oxygen atoms in total. The zero-order chi connectivity index (χ0) is 17.1. The summed E-state index contributed by atoms with van der Waals surface area (Å²) in [7, 11) is 0. The first-order chi connectivity index (χ1) is 11.5. The summed E-state index contributed by atoms with van der Waals surface area (Å²) in [6, 6.07) is 8.03. The van der Waals surface area contributed by atoms with Crippen molar-refractivity contribution in [3.05, 3.63) is 45.4 Å². The molecule has 2 atom stereocenters. The summed E-state index contributed by atoms with van der Waals surface area (Å²) < 4.78 is 5.64. The van der Waals surface area contributed by atoms with Gasteiger partial charge in [0.2, 0.25) is 0 Å². The molecule has 0 saturated carbocycles. The van der Waals surface area contributed by atoms with Crippen LogP contribution in [0.3, 0.4) is 0 Å². The van der Waals surface area contributed by atoms with Crippen molar-refractivity contribution in [1.82, 2.24) is 10.3 Å². The lowest BCUT2D eigenvalue weighted by Crippen LogP contribution is -2.28. The number of benzene rings is 1. The van der Waals surface area contributed by atoms with Crippen LogP contribution in [0.15, 0.2) is 24.3 Å². The predicted octanol–water partition coefficient (Wildman–Crippen LogP) is 3.94. The Morgan fingerprint density at radius 2 is 2.08 bits per heavy atom. The highest BCUT2D eigenvalue weighted by atomic mass is 32.1. The molecule has 2 unspecified atom stereocenters. The molecule has 0 aliphatic heterocycles. The van der Waals surface area contributed by atoms with Crippen molar-refractivity contribution in [2.75, 3.05) is 6.54 Å². The standard InChI is InChI=1S/C19H26N2O2S/c1-12(2)23-15-9-7-14(8-10-15)18(22)11-20-16-5-4-6-17-19(16)24-13(3)21-17/h7-10,12,16,18,20,22H,4-6,11H2,1-3H3. The fraction of sp³-hybridized carbons (Fsp3) is 0.526. The number of ether oxygens (including phenoxy) is 1. The average molecular weight is 346 g/mol. The molecular formula is C19H26N2O2S. The minimum absolute atomic E-state index is 0.158. The monoisotopic (exact) mass is 346 g/mol. The number of aromatic nitrogens is 1. The van der Waals surface area contributed by atoms with Gasteiger partial charge in [0.25, 0.3) is 0 Å². The molecule has 0 bridgehead atoms. The van der Waals surface area contributed by atoms with Gasteiger partial charge in [-0.1, -0.05) is 12.1 Å². The first-order valence-electron chi connectivity index (χ1n) is 8.67. The van der Waals surface area contributed by atoms with Gasteiger partial charge in [0.15, 0.2) is 0 Å². The minimum atomic E-state index is -0.516. The average Bonchev–Trinajstić information content (AvgIpc) is 2.93. The van der Waals surface area contributed by atoms with Crippen LogP contribution in [0.1, 0.15) is 60.0 Å². The molecule has 0 saturated heterocycles. The van der Waals surface area contributed by atoms with Crippen LogP contribution < -0.4 is 10.1 Å². The van der Waals surface area contributed by atoms with Crippen LogP contribution in [-0.4, -0.2) is 22.7 Å². The lowest BCUT2D eigenvalue weighted by molar-refractivity contribution is 0.168. The maximum absolute atomic E-state index is 10.5. The fourth-order valence-corrected chi connectivity index (χ4v) is 4.23. The molecule has 5 heteroatoms. The topological polar surface area (TPSA) is 54.4 Å². The van der Waals surface area contributed by atoms with Gasteiger partial charge < -0.3 is 15.2 Å². The van der Waals surface area contributed by atoms with Gasteiger partial charge in [-0.25, -0.2) is 4.98 Å². The molecule has 130 valence electrons. The van der Waals surface area contributed by atoms with Crippen LogP contribution in [0, 0.1) is 6.92 Å². The molecule has 1 heterocycles. The van der Waals surface area contributed by atoms with E-state index in [0.717, 1.165) is 35.6 Å². The van der Waals surface area contributed by atoms with Gasteiger partial charge >= 0.3 is 0 Å². The smallest absolute Gasteiger partial charge is 0.119 e. The number of aryl methyl sites for hydroxylation is 2. The minimum Gasteiger partial charge on any atom is -0.491 e. The number of hydrogen-bond acceptors (Lipinski definition) is 5. The van der Waals surface area contributed by atoms with Gasteiger partial charge in [-0.2, -0.15) is 0 Å². The maximum atomic E-state index is 10.5. The van der Waals surface area contributed by atoms with Crippen LogP contribution in [-0.2, 0) is 6.42 Å². The van der Waals surface area contributed by atoms with Crippen molar-refractivity contribution in [3.63, 3.8) is 0 Å². The van der Waals surface area contributed by atoms with Gasteiger partial charge in [0.1, 0.15) is 5.75 Å². The van der Waals surface area contributed by atoms with Crippen LogP contribution in [0.4, 0.5) is 0 Å². The van der Waals surface area contributed by atoms with E-state index >= 15 is 0 Å². The summed E-state index contributed by atoms with van der Waals surface area (Å²) in [5, 5.41) is 15.1. The van der Waals surface area contributed by atoms with Crippen molar-refractivity contribution in [3.8, 4) is 5.75 Å². The second kappa shape index (κ2) is 7.64. The molecule has 0 spiro atoms. The maximum Gasteiger partial charge on any atom is 0.119 e. The van der Waals surface area contributed by atoms with Gasteiger partial charge in [-0.05, 0) is 57.7 Å². The van der Waals surface area contributed by atoms with Crippen molar-refractivity contribution in [2.45, 2.75) is 58.3 Å². The molecular weight excluding hydrogens is 320 g/mol. The van der Waals surface area contributed by atoms with Crippen molar-refractivity contribution in [1.29, 1.82) is 0 Å². The van der Waals surface area contributed by atoms with E-state index in [4.69, 9.17) is 4.74 Å². The van der Waals surface area contributed by atoms with E-state index in [-0.39, 0.29) is 6.10 Å². The molecule has 0 amide bonds. The highest BCUT2D eigenvalue weighted by Crippen LogP contribution is 2.34. The lowest BCUT2D eigenvalue weighted by Gasteiger charge is -2.24. The number of aliphatic hydroxyl groups is 1. The van der Waals surface area contributed by atoms with Gasteiger partial charge in [0.05, 0.1) is 22.9 Å². The second-order valence-corrected chi connectivity index (χ2v) is 7.88. The van der Waals surface area contributed by atoms with E-state index in [1.807, 2.05) is 38.1 Å². The summed E-state index contributed by atoms with van der Waals surface area (Å²) in [5.74, 6) is 0.839. The van der Waals surface area contributed by atoms with Crippen LogP contribution >= 0.6 is 11.3 Å². The largest absolute Gasteiger partial charge is 0.491 e. The highest BCUT2D eigenvalue weighted by Gasteiger charge is 2.24. The number of hydrogen-bond donors (Lipinski definition) is 2. The molecule has 0 radical (unpaired) electrons. The van der Waals surface area contributed by atoms with Crippen molar-refractivity contribution in [2.24, 2.45) is 0 Å². The Morgan fingerprint density at radius 3 is 2.79 bits per heavy atom. The Labute approximate surface area is 147 Å². The molecule has 3 rings (SSSR count). The molecule has 24 heavy (non-hydrogen) atoms. The molecule has 2 aromatic rings. The summed E-state index contributed by atoms with van der Waals surface area (Å²) in [6.07, 6.45) is 2.99. The van der Waals surface area contributed by atoms with Crippen molar-refractivity contribution >= 4 is 11.3 Å². The molecule has 1 aromatic carbocycles. The van der Waals surface area contributed by atoms with Crippen molar-refractivity contribution < 1.29 is 9.84 Å². The Bertz CT molecular complexity index is 667. The van der Waals surface area contributed by atoms with E-state index in [1.54, 1.807) is 11.3 Å². The lowest BCUT2D eigenvalue weighted by atomic mass is 9.97.